The van der Waals surface area contributed by atoms with Gasteiger partial charge in [0, 0.05) is 24.2 Å². The summed E-state index contributed by atoms with van der Waals surface area (Å²) in [5.41, 5.74) is 1.02. The number of nitrogens with zero attached hydrogens (tertiary/aromatic N) is 1. The van der Waals surface area contributed by atoms with E-state index in [1.807, 2.05) is 36.3 Å². The first-order chi connectivity index (χ1) is 10.1. The van der Waals surface area contributed by atoms with Crippen molar-refractivity contribution < 1.29 is 14.3 Å². The Morgan fingerprint density at radius 3 is 2.62 bits per heavy atom. The van der Waals surface area contributed by atoms with Gasteiger partial charge in [-0.15, -0.1) is 0 Å². The number of rotatable bonds is 7. The number of carbonyl (C=O) groups is 1. The molecular formula is C16H23NO3S. The number of thioether (sulfide) groups is 1. The molecule has 1 aliphatic rings. The highest BCUT2D eigenvalue weighted by Crippen LogP contribution is 2.33. The summed E-state index contributed by atoms with van der Waals surface area (Å²) in [5.74, 6) is 1.74. The van der Waals surface area contributed by atoms with Crippen molar-refractivity contribution >= 4 is 17.7 Å². The summed E-state index contributed by atoms with van der Waals surface area (Å²) < 4.78 is 10.6. The highest BCUT2D eigenvalue weighted by molar-refractivity contribution is 7.99. The summed E-state index contributed by atoms with van der Waals surface area (Å²) in [5, 5.41) is -0.00477. The van der Waals surface area contributed by atoms with E-state index < -0.39 is 0 Å². The van der Waals surface area contributed by atoms with Gasteiger partial charge in [-0.1, -0.05) is 0 Å². The Morgan fingerprint density at radius 1 is 1.38 bits per heavy atom. The summed E-state index contributed by atoms with van der Waals surface area (Å²) in [4.78, 5) is 14.5. The number of hydrogen-bond donors (Lipinski definition) is 0. The predicted octanol–water partition coefficient (Wildman–Crippen LogP) is 2.95. The van der Waals surface area contributed by atoms with Crippen molar-refractivity contribution in [2.24, 2.45) is 0 Å². The van der Waals surface area contributed by atoms with Gasteiger partial charge in [0.15, 0.2) is 0 Å². The Morgan fingerprint density at radius 2 is 2.10 bits per heavy atom. The first-order valence-electron chi connectivity index (χ1n) is 7.14. The molecule has 0 heterocycles. The molecule has 2 rings (SSSR count). The van der Waals surface area contributed by atoms with Crippen LogP contribution in [0.5, 0.6) is 11.5 Å². The van der Waals surface area contributed by atoms with E-state index in [1.54, 1.807) is 26.0 Å². The first-order valence-corrected chi connectivity index (χ1v) is 8.43. The van der Waals surface area contributed by atoms with Crippen LogP contribution in [0.2, 0.25) is 0 Å². The molecule has 116 valence electrons. The normalized spacial score (nSPS) is 15.4. The second-order valence-corrected chi connectivity index (χ2v) is 6.43. The van der Waals surface area contributed by atoms with Crippen LogP contribution < -0.4 is 9.47 Å². The zero-order chi connectivity index (χ0) is 15.4. The van der Waals surface area contributed by atoms with Crippen LogP contribution in [0.1, 0.15) is 25.3 Å². The van der Waals surface area contributed by atoms with Gasteiger partial charge in [-0.2, -0.15) is 11.8 Å². The molecule has 1 aromatic rings. The minimum absolute atomic E-state index is 0.00477. The Labute approximate surface area is 130 Å². The molecule has 4 nitrogen and oxygen atoms in total. The Balaban J connectivity index is 2.19. The quantitative estimate of drug-likeness (QED) is 0.776. The van der Waals surface area contributed by atoms with Gasteiger partial charge in [0.2, 0.25) is 5.91 Å². The van der Waals surface area contributed by atoms with Gasteiger partial charge < -0.3 is 14.4 Å². The smallest absolute Gasteiger partial charge is 0.235 e. The van der Waals surface area contributed by atoms with Crippen LogP contribution in [0, 0.1) is 0 Å². The molecule has 1 atom stereocenters. The standard InChI is InChI=1S/C16H23NO3S/c1-11(21-4)16(18)17(13-6-7-13)10-12-5-8-14(19-2)9-15(12)20-3/h5,8-9,11,13H,6-7,10H2,1-4H3/t11-/m1/s1. The Hall–Kier alpha value is -1.36. The lowest BCUT2D eigenvalue weighted by atomic mass is 10.1. The lowest BCUT2D eigenvalue weighted by Gasteiger charge is -2.26. The number of hydrogen-bond acceptors (Lipinski definition) is 4. The van der Waals surface area contributed by atoms with Crippen molar-refractivity contribution in [1.82, 2.24) is 4.90 Å². The fraction of sp³-hybridized carbons (Fsp3) is 0.562. The van der Waals surface area contributed by atoms with E-state index >= 15 is 0 Å². The molecule has 1 amide bonds. The molecule has 5 heteroatoms. The van der Waals surface area contributed by atoms with Crippen molar-refractivity contribution in [3.63, 3.8) is 0 Å². The average molecular weight is 309 g/mol. The summed E-state index contributed by atoms with van der Waals surface area (Å²) in [6, 6.07) is 6.14. The maximum absolute atomic E-state index is 12.5. The van der Waals surface area contributed by atoms with Gasteiger partial charge in [0.05, 0.1) is 19.5 Å². The average Bonchev–Trinajstić information content (AvgIpc) is 3.35. The lowest BCUT2D eigenvalue weighted by Crippen LogP contribution is -2.37. The van der Waals surface area contributed by atoms with E-state index in [9.17, 15) is 4.79 Å². The van der Waals surface area contributed by atoms with Crippen LogP contribution >= 0.6 is 11.8 Å². The van der Waals surface area contributed by atoms with Gasteiger partial charge in [0.25, 0.3) is 0 Å². The zero-order valence-electron chi connectivity index (χ0n) is 13.1. The molecule has 1 saturated carbocycles. The molecule has 0 radical (unpaired) electrons. The van der Waals surface area contributed by atoms with Crippen molar-refractivity contribution in [2.75, 3.05) is 20.5 Å². The van der Waals surface area contributed by atoms with Crippen molar-refractivity contribution in [1.29, 1.82) is 0 Å². The van der Waals surface area contributed by atoms with E-state index in [0.29, 0.717) is 12.6 Å². The van der Waals surface area contributed by atoms with Gasteiger partial charge in [-0.25, -0.2) is 0 Å². The first kappa shape index (κ1) is 16.0. The number of ether oxygens (including phenoxy) is 2. The van der Waals surface area contributed by atoms with Crippen LogP contribution in [0.3, 0.4) is 0 Å². The van der Waals surface area contributed by atoms with Crippen molar-refractivity contribution in [2.45, 2.75) is 37.6 Å². The molecule has 21 heavy (non-hydrogen) atoms. The predicted molar refractivity (Wildman–Crippen MR) is 86.1 cm³/mol. The Kier molecular flexibility index (Phi) is 5.39. The second-order valence-electron chi connectivity index (χ2n) is 5.25. The zero-order valence-corrected chi connectivity index (χ0v) is 13.9. The van der Waals surface area contributed by atoms with Gasteiger partial charge in [0.1, 0.15) is 11.5 Å². The van der Waals surface area contributed by atoms with Crippen LogP contribution in [0.4, 0.5) is 0 Å². The largest absolute Gasteiger partial charge is 0.497 e. The lowest BCUT2D eigenvalue weighted by molar-refractivity contribution is -0.131. The van der Waals surface area contributed by atoms with E-state index in [4.69, 9.17) is 9.47 Å². The Bertz CT molecular complexity index is 502. The van der Waals surface area contributed by atoms with Gasteiger partial charge in [-0.3, -0.25) is 4.79 Å². The number of amides is 1. The van der Waals surface area contributed by atoms with Gasteiger partial charge in [-0.05, 0) is 38.2 Å². The third kappa shape index (κ3) is 3.84. The summed E-state index contributed by atoms with van der Waals surface area (Å²) in [7, 11) is 3.28. The minimum Gasteiger partial charge on any atom is -0.497 e. The molecule has 0 aliphatic heterocycles. The summed E-state index contributed by atoms with van der Waals surface area (Å²) in [6.45, 7) is 2.56. The topological polar surface area (TPSA) is 38.8 Å². The molecule has 0 N–H and O–H groups in total. The van der Waals surface area contributed by atoms with E-state index in [2.05, 4.69) is 0 Å². The molecule has 0 bridgehead atoms. The third-order valence-electron chi connectivity index (χ3n) is 3.81. The highest BCUT2D eigenvalue weighted by Gasteiger charge is 2.34. The summed E-state index contributed by atoms with van der Waals surface area (Å²) in [6.07, 6.45) is 4.18. The molecule has 1 fully saturated rings. The van der Waals surface area contributed by atoms with Crippen LogP contribution in [0.15, 0.2) is 18.2 Å². The number of benzene rings is 1. The molecule has 1 aromatic carbocycles. The van der Waals surface area contributed by atoms with Crippen molar-refractivity contribution in [3.05, 3.63) is 23.8 Å². The molecule has 0 aromatic heterocycles. The van der Waals surface area contributed by atoms with Crippen LogP contribution in [-0.2, 0) is 11.3 Å². The van der Waals surface area contributed by atoms with E-state index in [1.165, 1.54) is 0 Å². The molecule has 0 spiro atoms. The minimum atomic E-state index is -0.00477. The van der Waals surface area contributed by atoms with Crippen LogP contribution in [0.25, 0.3) is 0 Å². The molecular weight excluding hydrogens is 286 g/mol. The fourth-order valence-corrected chi connectivity index (χ4v) is 2.61. The highest BCUT2D eigenvalue weighted by atomic mass is 32.2. The molecule has 1 aliphatic carbocycles. The molecule has 0 saturated heterocycles. The number of carbonyl (C=O) groups excluding carboxylic acids is 1. The third-order valence-corrected chi connectivity index (χ3v) is 4.72. The second kappa shape index (κ2) is 7.07. The van der Waals surface area contributed by atoms with E-state index in [-0.39, 0.29) is 11.2 Å². The monoisotopic (exact) mass is 309 g/mol. The number of methoxy groups -OCH3 is 2. The summed E-state index contributed by atoms with van der Waals surface area (Å²) >= 11 is 1.59. The van der Waals surface area contributed by atoms with Gasteiger partial charge >= 0.3 is 0 Å². The maximum atomic E-state index is 12.5. The van der Waals surface area contributed by atoms with E-state index in [0.717, 1.165) is 29.9 Å². The molecule has 0 unspecified atom stereocenters. The maximum Gasteiger partial charge on any atom is 0.235 e. The van der Waals surface area contributed by atoms with Crippen molar-refractivity contribution in [3.8, 4) is 11.5 Å². The SMILES string of the molecule is COc1ccc(CN(C(=O)[C@@H](C)SC)C2CC2)c(OC)c1. The van der Waals surface area contributed by atoms with Crippen LogP contribution in [-0.4, -0.2) is 42.6 Å². The fourth-order valence-electron chi connectivity index (χ4n) is 2.27.